The van der Waals surface area contributed by atoms with Gasteiger partial charge in [0.15, 0.2) is 8.38 Å². The Morgan fingerprint density at radius 3 is 2.00 bits per heavy atom. The van der Waals surface area contributed by atoms with Crippen LogP contribution in [0.5, 0.6) is 5.75 Å². The minimum atomic E-state index is -2.36. The maximum Gasteiger partial charge on any atom is 0.343 e. The summed E-state index contributed by atoms with van der Waals surface area (Å²) in [7, 11) is -2.24. The number of fused-ring (bicyclic) bond motifs is 1. The molecule has 10 heteroatoms. The summed E-state index contributed by atoms with van der Waals surface area (Å²) in [5.74, 6) is -14.4. The highest BCUT2D eigenvalue weighted by molar-refractivity contribution is 7.45. The Balaban J connectivity index is 1.98. The van der Waals surface area contributed by atoms with Gasteiger partial charge in [-0.15, -0.1) is 0 Å². The number of esters is 1. The lowest BCUT2D eigenvalue weighted by Gasteiger charge is -2.14. The number of hydrogen-bond donors (Lipinski definition) is 2. The third-order valence-corrected chi connectivity index (χ3v) is 5.28. The molecule has 3 aromatic rings. The van der Waals surface area contributed by atoms with E-state index >= 15 is 0 Å². The zero-order chi connectivity index (χ0) is 21.5. The molecule has 3 aromatic carbocycles. The van der Waals surface area contributed by atoms with E-state index in [-0.39, 0.29) is 5.56 Å². The number of ether oxygens (including phenoxy) is 1. The molecular formula is C19H12F5O4P. The Hall–Kier alpha value is -2.61. The van der Waals surface area contributed by atoms with Crippen LogP contribution in [0.25, 0.3) is 10.8 Å². The third-order valence-electron chi connectivity index (χ3n) is 4.29. The first-order valence-electron chi connectivity index (χ1n) is 8.06. The maximum atomic E-state index is 13.7. The van der Waals surface area contributed by atoms with Crippen LogP contribution in [0.1, 0.15) is 28.5 Å². The summed E-state index contributed by atoms with van der Waals surface area (Å²) in [6, 6.07) is 8.94. The largest absolute Gasteiger partial charge is 0.416 e. The molecule has 0 radical (unpaired) electrons. The van der Waals surface area contributed by atoms with E-state index in [1.165, 1.54) is 18.2 Å². The molecular weight excluding hydrogens is 418 g/mol. The van der Waals surface area contributed by atoms with Gasteiger partial charge in [-0.3, -0.25) is 0 Å². The van der Waals surface area contributed by atoms with Crippen molar-refractivity contribution >= 4 is 25.1 Å². The fourth-order valence-corrected chi connectivity index (χ4v) is 3.04. The van der Waals surface area contributed by atoms with Gasteiger partial charge in [0.2, 0.25) is 34.8 Å². The van der Waals surface area contributed by atoms with Gasteiger partial charge < -0.3 is 14.5 Å². The number of halogens is 5. The monoisotopic (exact) mass is 430 g/mol. The van der Waals surface area contributed by atoms with Crippen molar-refractivity contribution in [2.75, 3.05) is 0 Å². The van der Waals surface area contributed by atoms with Crippen molar-refractivity contribution in [3.05, 3.63) is 76.6 Å². The topological polar surface area (TPSA) is 66.8 Å². The lowest BCUT2D eigenvalue weighted by Crippen LogP contribution is -2.13. The second-order valence-corrected chi connectivity index (χ2v) is 7.52. The van der Waals surface area contributed by atoms with Crippen molar-refractivity contribution in [3.8, 4) is 5.75 Å². The van der Waals surface area contributed by atoms with Gasteiger partial charge in [-0.1, -0.05) is 24.3 Å². The highest BCUT2D eigenvalue weighted by Crippen LogP contribution is 2.43. The Morgan fingerprint density at radius 2 is 1.41 bits per heavy atom. The molecule has 0 fully saturated rings. The molecule has 0 saturated heterocycles. The average molecular weight is 430 g/mol. The van der Waals surface area contributed by atoms with Crippen LogP contribution < -0.4 is 4.74 Å². The number of rotatable bonds is 4. The molecule has 0 aliphatic rings. The normalized spacial score (nSPS) is 12.4. The third kappa shape index (κ3) is 3.94. The molecule has 0 spiro atoms. The van der Waals surface area contributed by atoms with Gasteiger partial charge in [0, 0.05) is 0 Å². The molecule has 0 amide bonds. The first-order valence-corrected chi connectivity index (χ1v) is 9.37. The standard InChI is InChI=1S/C19H12F5O4P/c1-8(29(26)27)10-4-2-9-3-5-11(7-12(9)6-10)19(25)28-18-16(23)14(21)13(20)15(22)17(18)24/h2-8,26-27H,1H3. The van der Waals surface area contributed by atoms with E-state index in [2.05, 4.69) is 4.74 Å². The molecule has 1 atom stereocenters. The molecule has 3 rings (SSSR count). The van der Waals surface area contributed by atoms with Gasteiger partial charge in [-0.25, -0.2) is 18.0 Å². The predicted molar refractivity (Wildman–Crippen MR) is 94.9 cm³/mol. The lowest BCUT2D eigenvalue weighted by molar-refractivity contribution is 0.0716. The number of benzene rings is 3. The van der Waals surface area contributed by atoms with Gasteiger partial charge in [0.1, 0.15) is 0 Å². The molecule has 0 bridgehead atoms. The van der Waals surface area contributed by atoms with E-state index in [9.17, 15) is 36.5 Å². The lowest BCUT2D eigenvalue weighted by atomic mass is 10.0. The average Bonchev–Trinajstić information content (AvgIpc) is 2.72. The molecule has 0 aromatic heterocycles. The van der Waals surface area contributed by atoms with E-state index in [4.69, 9.17) is 0 Å². The van der Waals surface area contributed by atoms with Crippen LogP contribution in [0.4, 0.5) is 22.0 Å². The van der Waals surface area contributed by atoms with E-state index in [0.717, 1.165) is 0 Å². The summed E-state index contributed by atoms with van der Waals surface area (Å²) < 4.78 is 71.4. The zero-order valence-electron chi connectivity index (χ0n) is 14.6. The van der Waals surface area contributed by atoms with Crippen LogP contribution in [0.15, 0.2) is 36.4 Å². The van der Waals surface area contributed by atoms with Crippen molar-refractivity contribution in [1.82, 2.24) is 0 Å². The Labute approximate surface area is 162 Å². The van der Waals surface area contributed by atoms with Crippen LogP contribution in [0.2, 0.25) is 0 Å². The smallest absolute Gasteiger partial charge is 0.343 e. The molecule has 4 nitrogen and oxygen atoms in total. The molecule has 0 aliphatic heterocycles. The zero-order valence-corrected chi connectivity index (χ0v) is 15.5. The molecule has 29 heavy (non-hydrogen) atoms. The number of carbonyl (C=O) groups is 1. The molecule has 2 N–H and O–H groups in total. The summed E-state index contributed by atoms with van der Waals surface area (Å²) in [5.41, 5.74) is -0.209. The fraction of sp³-hybridized carbons (Fsp3) is 0.105. The maximum absolute atomic E-state index is 13.7. The van der Waals surface area contributed by atoms with Crippen LogP contribution in [-0.4, -0.2) is 15.8 Å². The molecule has 1 unspecified atom stereocenters. The van der Waals surface area contributed by atoms with E-state index < -0.39 is 54.8 Å². The van der Waals surface area contributed by atoms with Crippen molar-refractivity contribution in [1.29, 1.82) is 0 Å². The van der Waals surface area contributed by atoms with E-state index in [1.807, 2.05) is 0 Å². The van der Waals surface area contributed by atoms with Gasteiger partial charge >= 0.3 is 5.97 Å². The summed E-state index contributed by atoms with van der Waals surface area (Å²) in [5, 5.41) is 1.13. The number of hydrogen-bond acceptors (Lipinski definition) is 4. The van der Waals surface area contributed by atoms with E-state index in [1.54, 1.807) is 25.1 Å². The Kier molecular flexibility index (Phi) is 5.84. The van der Waals surface area contributed by atoms with E-state index in [0.29, 0.717) is 16.3 Å². The quantitative estimate of drug-likeness (QED) is 0.151. The summed E-state index contributed by atoms with van der Waals surface area (Å²) in [4.78, 5) is 30.9. The Bertz CT molecular complexity index is 1090. The second kappa shape index (κ2) is 8.02. The predicted octanol–water partition coefficient (Wildman–Crippen LogP) is 5.11. The van der Waals surface area contributed by atoms with Gasteiger partial charge in [-0.2, -0.15) is 8.78 Å². The highest BCUT2D eigenvalue weighted by Gasteiger charge is 2.29. The van der Waals surface area contributed by atoms with Crippen LogP contribution in [0, 0.1) is 29.1 Å². The summed E-state index contributed by atoms with van der Waals surface area (Å²) in [6.45, 7) is 1.59. The summed E-state index contributed by atoms with van der Waals surface area (Å²) >= 11 is 0. The van der Waals surface area contributed by atoms with Crippen LogP contribution in [-0.2, 0) is 0 Å². The first kappa shape index (κ1) is 21.1. The van der Waals surface area contributed by atoms with Crippen molar-refractivity contribution in [2.24, 2.45) is 0 Å². The highest BCUT2D eigenvalue weighted by atomic mass is 31.2. The SMILES string of the molecule is CC(c1ccc2ccc(C(=O)Oc3c(F)c(F)c(F)c(F)c3F)cc2c1)P(O)O. The summed E-state index contributed by atoms with van der Waals surface area (Å²) in [6.07, 6.45) is 0. The minimum Gasteiger partial charge on any atom is -0.416 e. The van der Waals surface area contributed by atoms with Gasteiger partial charge in [-0.05, 0) is 35.4 Å². The minimum absolute atomic E-state index is 0.207. The number of carbonyl (C=O) groups excluding carboxylic acids is 1. The Morgan fingerprint density at radius 1 is 0.862 bits per heavy atom. The molecule has 152 valence electrons. The molecule has 0 aliphatic carbocycles. The van der Waals surface area contributed by atoms with Crippen LogP contribution in [0.3, 0.4) is 0 Å². The molecule has 0 heterocycles. The second-order valence-electron chi connectivity index (χ2n) is 6.11. The van der Waals surface area contributed by atoms with Gasteiger partial charge in [0.05, 0.1) is 11.2 Å². The van der Waals surface area contributed by atoms with Crippen LogP contribution >= 0.6 is 8.38 Å². The van der Waals surface area contributed by atoms with Gasteiger partial charge in [0.25, 0.3) is 0 Å². The first-order chi connectivity index (χ1) is 13.6. The van der Waals surface area contributed by atoms with Crippen molar-refractivity contribution in [2.45, 2.75) is 12.6 Å². The molecule has 0 saturated carbocycles. The fourth-order valence-electron chi connectivity index (χ4n) is 2.61. The van der Waals surface area contributed by atoms with Crippen molar-refractivity contribution in [3.63, 3.8) is 0 Å². The van der Waals surface area contributed by atoms with Crippen molar-refractivity contribution < 1.29 is 41.3 Å².